The first-order valence-corrected chi connectivity index (χ1v) is 7.74. The van der Waals surface area contributed by atoms with E-state index >= 15 is 0 Å². The van der Waals surface area contributed by atoms with Crippen molar-refractivity contribution in [2.45, 2.75) is 38.1 Å². The lowest BCUT2D eigenvalue weighted by Gasteiger charge is -2.42. The monoisotopic (exact) mass is 304 g/mol. The normalized spacial score (nSPS) is 23.0. The summed E-state index contributed by atoms with van der Waals surface area (Å²) < 4.78 is 1.84. The number of carbonyl (C=O) groups excluding carboxylic acids is 1. The van der Waals surface area contributed by atoms with Crippen LogP contribution < -0.4 is 5.56 Å². The Balaban J connectivity index is 1.69. The molecule has 6 nitrogen and oxygen atoms in total. The zero-order valence-electron chi connectivity index (χ0n) is 12.4. The van der Waals surface area contributed by atoms with Gasteiger partial charge < -0.3 is 14.6 Å². The van der Waals surface area contributed by atoms with Gasteiger partial charge in [0, 0.05) is 50.2 Å². The second kappa shape index (κ2) is 5.94. The van der Waals surface area contributed by atoms with Crippen molar-refractivity contribution in [3.63, 3.8) is 0 Å². The highest BCUT2D eigenvalue weighted by Gasteiger charge is 2.35. The Morgan fingerprint density at radius 3 is 2.77 bits per heavy atom. The molecule has 2 bridgehead atoms. The molecule has 0 aromatic carbocycles. The minimum Gasteiger partial charge on any atom is -0.481 e. The highest BCUT2D eigenvalue weighted by molar-refractivity contribution is 5.77. The van der Waals surface area contributed by atoms with Crippen LogP contribution in [0.2, 0.25) is 0 Å². The minimum absolute atomic E-state index is 0.0303. The molecular weight excluding hydrogens is 284 g/mol. The third kappa shape index (κ3) is 2.91. The summed E-state index contributed by atoms with van der Waals surface area (Å²) in [5.74, 6) is -0.307. The lowest BCUT2D eigenvalue weighted by Crippen LogP contribution is -2.49. The highest BCUT2D eigenvalue weighted by atomic mass is 16.4. The van der Waals surface area contributed by atoms with Crippen LogP contribution in [0.15, 0.2) is 23.0 Å². The van der Waals surface area contributed by atoms with E-state index in [1.165, 1.54) is 0 Å². The third-order valence-corrected chi connectivity index (χ3v) is 4.61. The molecule has 0 saturated carbocycles. The van der Waals surface area contributed by atoms with Crippen LogP contribution in [0.3, 0.4) is 0 Å². The van der Waals surface area contributed by atoms with Crippen LogP contribution in [0, 0.1) is 5.92 Å². The van der Waals surface area contributed by atoms with Crippen molar-refractivity contribution in [3.05, 3.63) is 34.2 Å². The molecule has 6 heteroatoms. The molecule has 118 valence electrons. The number of nitrogens with zero attached hydrogens (tertiary/aromatic N) is 2. The zero-order chi connectivity index (χ0) is 15.7. The summed E-state index contributed by atoms with van der Waals surface area (Å²) >= 11 is 0. The van der Waals surface area contributed by atoms with E-state index < -0.39 is 5.97 Å². The average Bonchev–Trinajstić information content (AvgIpc) is 2.48. The molecule has 22 heavy (non-hydrogen) atoms. The summed E-state index contributed by atoms with van der Waals surface area (Å²) in [6.45, 7) is 1.97. The topological polar surface area (TPSA) is 79.6 Å². The van der Waals surface area contributed by atoms with Crippen molar-refractivity contribution in [3.8, 4) is 0 Å². The molecule has 0 radical (unpaired) electrons. The predicted octanol–water partition coefficient (Wildman–Crippen LogP) is 1.05. The third-order valence-electron chi connectivity index (χ3n) is 4.61. The van der Waals surface area contributed by atoms with Gasteiger partial charge in [-0.1, -0.05) is 6.07 Å². The first-order valence-electron chi connectivity index (χ1n) is 7.74. The number of hydrogen-bond donors (Lipinski definition) is 1. The number of aromatic nitrogens is 1. The first-order chi connectivity index (χ1) is 10.5. The van der Waals surface area contributed by atoms with E-state index in [4.69, 9.17) is 5.11 Å². The molecule has 1 saturated heterocycles. The van der Waals surface area contributed by atoms with Gasteiger partial charge in [0.05, 0.1) is 0 Å². The quantitative estimate of drug-likeness (QED) is 0.901. The Hall–Kier alpha value is -2.11. The van der Waals surface area contributed by atoms with Crippen LogP contribution in [0.1, 0.15) is 37.3 Å². The van der Waals surface area contributed by atoms with E-state index in [-0.39, 0.29) is 30.2 Å². The van der Waals surface area contributed by atoms with Gasteiger partial charge in [-0.2, -0.15) is 0 Å². The molecule has 1 amide bonds. The molecule has 1 fully saturated rings. The smallest absolute Gasteiger partial charge is 0.303 e. The molecule has 3 heterocycles. The molecule has 1 N–H and O–H groups in total. The van der Waals surface area contributed by atoms with Crippen molar-refractivity contribution < 1.29 is 14.7 Å². The van der Waals surface area contributed by atoms with E-state index in [1.54, 1.807) is 12.1 Å². The van der Waals surface area contributed by atoms with Gasteiger partial charge in [-0.25, -0.2) is 0 Å². The molecule has 0 unspecified atom stereocenters. The number of carbonyl (C=O) groups is 2. The van der Waals surface area contributed by atoms with Gasteiger partial charge >= 0.3 is 5.97 Å². The zero-order valence-corrected chi connectivity index (χ0v) is 12.4. The van der Waals surface area contributed by atoms with Crippen LogP contribution in [-0.2, 0) is 16.1 Å². The lowest BCUT2D eigenvalue weighted by atomic mass is 9.83. The number of carboxylic acid groups (broad SMARTS) is 1. The lowest BCUT2D eigenvalue weighted by molar-refractivity contribution is -0.137. The standard InChI is InChI=1S/C16H20N2O4/c19-14(4-2-6-16(21)22)17-8-11-7-12(10-17)13-3-1-5-15(20)18(13)9-11/h1,3,5,11-12H,2,4,6-10H2,(H,21,22)/t11-,12+/m1/s1. The Bertz CT molecular complexity index is 652. The van der Waals surface area contributed by atoms with Crippen molar-refractivity contribution in [1.82, 2.24) is 9.47 Å². The SMILES string of the molecule is O=C(O)CCCC(=O)N1C[C@H]2C[C@@H](C1)c1cccc(=O)n1C2. The Kier molecular flexibility index (Phi) is 4.00. The Labute approximate surface area is 128 Å². The van der Waals surface area contributed by atoms with Crippen molar-refractivity contribution in [2.24, 2.45) is 5.92 Å². The van der Waals surface area contributed by atoms with Crippen LogP contribution in [0.4, 0.5) is 0 Å². The molecule has 0 aliphatic carbocycles. The maximum absolute atomic E-state index is 12.3. The molecule has 1 aromatic heterocycles. The fraction of sp³-hybridized carbons (Fsp3) is 0.562. The van der Waals surface area contributed by atoms with Gasteiger partial charge in [0.15, 0.2) is 0 Å². The first kappa shape index (κ1) is 14.8. The Morgan fingerprint density at radius 2 is 2.00 bits per heavy atom. The van der Waals surface area contributed by atoms with E-state index in [0.717, 1.165) is 12.1 Å². The molecule has 3 rings (SSSR count). The van der Waals surface area contributed by atoms with Crippen molar-refractivity contribution >= 4 is 11.9 Å². The van der Waals surface area contributed by atoms with Gasteiger partial charge in [-0.05, 0) is 24.8 Å². The largest absolute Gasteiger partial charge is 0.481 e. The molecular formula is C16H20N2O4. The van der Waals surface area contributed by atoms with Gasteiger partial charge in [-0.3, -0.25) is 14.4 Å². The van der Waals surface area contributed by atoms with Gasteiger partial charge in [0.25, 0.3) is 5.56 Å². The summed E-state index contributed by atoms with van der Waals surface area (Å²) in [5.41, 5.74) is 1.06. The number of amides is 1. The van der Waals surface area contributed by atoms with Crippen LogP contribution in [-0.4, -0.2) is 39.5 Å². The summed E-state index contributed by atoms with van der Waals surface area (Å²) in [7, 11) is 0. The number of fused-ring (bicyclic) bond motifs is 4. The van der Waals surface area contributed by atoms with Crippen LogP contribution in [0.5, 0.6) is 0 Å². The molecule has 2 aliphatic heterocycles. The number of carboxylic acids is 1. The van der Waals surface area contributed by atoms with E-state index in [1.807, 2.05) is 15.5 Å². The summed E-state index contributed by atoms with van der Waals surface area (Å²) in [6, 6.07) is 5.34. The van der Waals surface area contributed by atoms with E-state index in [0.29, 0.717) is 32.0 Å². The van der Waals surface area contributed by atoms with Crippen molar-refractivity contribution in [2.75, 3.05) is 13.1 Å². The van der Waals surface area contributed by atoms with E-state index in [9.17, 15) is 14.4 Å². The number of likely N-dealkylation sites (tertiary alicyclic amines) is 1. The second-order valence-corrected chi connectivity index (χ2v) is 6.24. The second-order valence-electron chi connectivity index (χ2n) is 6.24. The van der Waals surface area contributed by atoms with Crippen LogP contribution in [0.25, 0.3) is 0 Å². The van der Waals surface area contributed by atoms with Crippen molar-refractivity contribution in [1.29, 1.82) is 0 Å². The van der Waals surface area contributed by atoms with Gasteiger partial charge in [0.2, 0.25) is 5.91 Å². The summed E-state index contributed by atoms with van der Waals surface area (Å²) in [4.78, 5) is 36.6. The molecule has 2 atom stereocenters. The Morgan fingerprint density at radius 1 is 1.18 bits per heavy atom. The fourth-order valence-electron chi connectivity index (χ4n) is 3.65. The summed E-state index contributed by atoms with van der Waals surface area (Å²) in [6.07, 6.45) is 1.72. The van der Waals surface area contributed by atoms with E-state index in [2.05, 4.69) is 0 Å². The fourth-order valence-corrected chi connectivity index (χ4v) is 3.65. The minimum atomic E-state index is -0.864. The molecule has 0 spiro atoms. The predicted molar refractivity (Wildman–Crippen MR) is 79.6 cm³/mol. The highest BCUT2D eigenvalue weighted by Crippen LogP contribution is 2.35. The van der Waals surface area contributed by atoms with Gasteiger partial charge in [-0.15, -0.1) is 0 Å². The molecule has 1 aromatic rings. The average molecular weight is 304 g/mol. The number of rotatable bonds is 4. The number of piperidine rings is 1. The van der Waals surface area contributed by atoms with Crippen LogP contribution >= 0.6 is 0 Å². The van der Waals surface area contributed by atoms with Gasteiger partial charge in [0.1, 0.15) is 0 Å². The molecule has 2 aliphatic rings. The number of pyridine rings is 1. The summed E-state index contributed by atoms with van der Waals surface area (Å²) in [5, 5.41) is 8.65. The maximum Gasteiger partial charge on any atom is 0.303 e. The number of hydrogen-bond acceptors (Lipinski definition) is 3. The maximum atomic E-state index is 12.3. The number of aliphatic carboxylic acids is 1.